The lowest BCUT2D eigenvalue weighted by Gasteiger charge is -2.28. The molecule has 0 spiro atoms. The number of carbonyl (C=O) groups excluding carboxylic acids is 2. The molecule has 0 bridgehead atoms. The van der Waals surface area contributed by atoms with Gasteiger partial charge in [0.05, 0.1) is 10.9 Å². The number of nitrogens with zero attached hydrogens (tertiary/aromatic N) is 1. The van der Waals surface area contributed by atoms with Gasteiger partial charge in [0, 0.05) is 18.1 Å². The highest BCUT2D eigenvalue weighted by Gasteiger charge is 2.30. The number of halogens is 1. The van der Waals surface area contributed by atoms with Crippen molar-refractivity contribution in [1.82, 2.24) is 4.98 Å². The van der Waals surface area contributed by atoms with Crippen molar-refractivity contribution < 1.29 is 14.7 Å². The Morgan fingerprint density at radius 3 is 2.63 bits per heavy atom. The number of anilines is 1. The largest absolute Gasteiger partial charge is 0.550 e. The summed E-state index contributed by atoms with van der Waals surface area (Å²) in [6.45, 7) is 0. The van der Waals surface area contributed by atoms with Gasteiger partial charge in [0.15, 0.2) is 5.82 Å². The number of nitrogens with one attached hydrogen (secondary N) is 1. The number of aliphatic carboxylic acids is 1. The number of carboxylic acids is 1. The van der Waals surface area contributed by atoms with E-state index in [0.29, 0.717) is 17.9 Å². The quantitative estimate of drug-likeness (QED) is 0.837. The summed E-state index contributed by atoms with van der Waals surface area (Å²) >= 11 is 5.89. The zero-order valence-electron chi connectivity index (χ0n) is 10.0. The van der Waals surface area contributed by atoms with Crippen molar-refractivity contribution in [2.75, 3.05) is 5.32 Å². The molecule has 100 valence electrons. The minimum Gasteiger partial charge on any atom is -0.550 e. The predicted molar refractivity (Wildman–Crippen MR) is 68.2 cm³/mol. The van der Waals surface area contributed by atoms with Crippen LogP contribution in [0.15, 0.2) is 30.5 Å². The molecule has 0 fully saturated rings. The van der Waals surface area contributed by atoms with Crippen LogP contribution < -0.4 is 10.4 Å². The minimum absolute atomic E-state index is 0.237. The summed E-state index contributed by atoms with van der Waals surface area (Å²) in [5, 5.41) is 13.9. The van der Waals surface area contributed by atoms with Gasteiger partial charge in [0.25, 0.3) is 0 Å². The average molecular weight is 280 g/mol. The Labute approximate surface area is 115 Å². The number of rotatable bonds is 3. The van der Waals surface area contributed by atoms with E-state index in [0.717, 1.165) is 0 Å². The van der Waals surface area contributed by atoms with Gasteiger partial charge in [-0.15, -0.1) is 0 Å². The zero-order chi connectivity index (χ0) is 13.8. The van der Waals surface area contributed by atoms with Crippen LogP contribution in [0.3, 0.4) is 0 Å². The van der Waals surface area contributed by atoms with Crippen LogP contribution in [-0.4, -0.2) is 16.9 Å². The molecule has 0 aliphatic heterocycles. The van der Waals surface area contributed by atoms with E-state index < -0.39 is 23.7 Å². The van der Waals surface area contributed by atoms with Crippen LogP contribution in [0.25, 0.3) is 0 Å². The number of hydrogen-bond donors (Lipinski definition) is 1. The standard InChI is InChI=1S/C13H13ClN2O3/c14-10-6-3-7-15-11(10)16-12(17)8-4-1-2-5-9(8)13(18)19/h1-3,6-9H,4-5H2,(H,18,19)(H,15,16,17)/p-1/t8-,9+/m0/s1. The monoisotopic (exact) mass is 279 g/mol. The summed E-state index contributed by atoms with van der Waals surface area (Å²) in [5.74, 6) is -2.85. The zero-order valence-corrected chi connectivity index (χ0v) is 10.8. The molecule has 0 unspecified atom stereocenters. The van der Waals surface area contributed by atoms with Crippen LogP contribution in [0.4, 0.5) is 5.82 Å². The van der Waals surface area contributed by atoms with Crippen molar-refractivity contribution in [1.29, 1.82) is 0 Å². The molecular weight excluding hydrogens is 268 g/mol. The third-order valence-electron chi connectivity index (χ3n) is 3.07. The van der Waals surface area contributed by atoms with E-state index in [1.165, 1.54) is 6.20 Å². The summed E-state index contributed by atoms with van der Waals surface area (Å²) in [6, 6.07) is 3.24. The highest BCUT2D eigenvalue weighted by atomic mass is 35.5. The first kappa shape index (κ1) is 13.5. The van der Waals surface area contributed by atoms with E-state index >= 15 is 0 Å². The second kappa shape index (κ2) is 5.84. The molecule has 1 amide bonds. The molecule has 6 heteroatoms. The molecule has 1 aromatic rings. The number of carboxylic acid groups (broad SMARTS) is 1. The number of pyridine rings is 1. The van der Waals surface area contributed by atoms with Crippen LogP contribution >= 0.6 is 11.6 Å². The molecular formula is C13H12ClN2O3-. The second-order valence-corrected chi connectivity index (χ2v) is 4.71. The van der Waals surface area contributed by atoms with Crippen molar-refractivity contribution in [3.63, 3.8) is 0 Å². The Hall–Kier alpha value is -1.88. The summed E-state index contributed by atoms with van der Waals surface area (Å²) < 4.78 is 0. The lowest BCUT2D eigenvalue weighted by atomic mass is 9.82. The maximum Gasteiger partial charge on any atom is 0.229 e. The number of hydrogen-bond acceptors (Lipinski definition) is 4. The average Bonchev–Trinajstić information content (AvgIpc) is 2.41. The molecule has 1 aromatic heterocycles. The molecule has 1 heterocycles. The van der Waals surface area contributed by atoms with Gasteiger partial charge in [-0.2, -0.15) is 0 Å². The molecule has 2 atom stereocenters. The third kappa shape index (κ3) is 3.12. The Morgan fingerprint density at radius 1 is 1.32 bits per heavy atom. The molecule has 1 aliphatic rings. The molecule has 0 saturated carbocycles. The first-order valence-corrected chi connectivity index (χ1v) is 6.24. The highest BCUT2D eigenvalue weighted by Crippen LogP contribution is 2.27. The van der Waals surface area contributed by atoms with Gasteiger partial charge in [-0.25, -0.2) is 4.98 Å². The molecule has 1 N–H and O–H groups in total. The van der Waals surface area contributed by atoms with Gasteiger partial charge in [-0.05, 0) is 25.0 Å². The van der Waals surface area contributed by atoms with E-state index in [2.05, 4.69) is 10.3 Å². The van der Waals surface area contributed by atoms with Crippen molar-refractivity contribution in [2.24, 2.45) is 11.8 Å². The van der Waals surface area contributed by atoms with E-state index in [-0.39, 0.29) is 5.82 Å². The third-order valence-corrected chi connectivity index (χ3v) is 3.38. The van der Waals surface area contributed by atoms with E-state index in [9.17, 15) is 14.7 Å². The minimum atomic E-state index is -1.21. The normalized spacial score (nSPS) is 21.9. The predicted octanol–water partition coefficient (Wildman–Crippen LogP) is 1.01. The molecule has 1 aliphatic carbocycles. The van der Waals surface area contributed by atoms with Crippen molar-refractivity contribution in [2.45, 2.75) is 12.8 Å². The maximum atomic E-state index is 12.1. The lowest BCUT2D eigenvalue weighted by Crippen LogP contribution is -2.41. The topological polar surface area (TPSA) is 82.1 Å². The molecule has 5 nitrogen and oxygen atoms in total. The summed E-state index contributed by atoms with van der Waals surface area (Å²) in [5.41, 5.74) is 0. The van der Waals surface area contributed by atoms with Gasteiger partial charge in [0.1, 0.15) is 0 Å². The fourth-order valence-electron chi connectivity index (χ4n) is 2.05. The van der Waals surface area contributed by atoms with E-state index in [1.54, 1.807) is 24.3 Å². The Bertz CT molecular complexity index is 530. The van der Waals surface area contributed by atoms with Gasteiger partial charge in [-0.1, -0.05) is 23.8 Å². The summed E-state index contributed by atoms with van der Waals surface area (Å²) in [7, 11) is 0. The van der Waals surface area contributed by atoms with Crippen molar-refractivity contribution in [3.8, 4) is 0 Å². The summed E-state index contributed by atoms with van der Waals surface area (Å²) in [4.78, 5) is 27.1. The molecule has 0 aromatic carbocycles. The SMILES string of the molecule is O=C(Nc1ncccc1Cl)[C@H]1CC=CC[C@H]1C(=O)[O-]. The van der Waals surface area contributed by atoms with Crippen molar-refractivity contribution >= 4 is 29.3 Å². The highest BCUT2D eigenvalue weighted by molar-refractivity contribution is 6.33. The molecule has 19 heavy (non-hydrogen) atoms. The number of allylic oxidation sites excluding steroid dienone is 2. The Morgan fingerprint density at radius 2 is 2.00 bits per heavy atom. The van der Waals surface area contributed by atoms with Crippen LogP contribution in [0.1, 0.15) is 12.8 Å². The Kier molecular flexibility index (Phi) is 4.16. The van der Waals surface area contributed by atoms with Crippen LogP contribution in [0.2, 0.25) is 5.02 Å². The fourth-order valence-corrected chi connectivity index (χ4v) is 2.22. The molecule has 0 radical (unpaired) electrons. The summed E-state index contributed by atoms with van der Waals surface area (Å²) in [6.07, 6.45) is 5.71. The van der Waals surface area contributed by atoms with Gasteiger partial charge < -0.3 is 15.2 Å². The van der Waals surface area contributed by atoms with Gasteiger partial charge >= 0.3 is 0 Å². The molecule has 0 saturated heterocycles. The van der Waals surface area contributed by atoms with Gasteiger partial charge in [0.2, 0.25) is 5.91 Å². The first-order valence-electron chi connectivity index (χ1n) is 5.87. The molecule has 2 rings (SSSR count). The number of carbonyl (C=O) groups is 2. The van der Waals surface area contributed by atoms with E-state index in [4.69, 9.17) is 11.6 Å². The van der Waals surface area contributed by atoms with Crippen molar-refractivity contribution in [3.05, 3.63) is 35.5 Å². The fraction of sp³-hybridized carbons (Fsp3) is 0.308. The first-order chi connectivity index (χ1) is 9.09. The smallest absolute Gasteiger partial charge is 0.229 e. The second-order valence-electron chi connectivity index (χ2n) is 4.30. The lowest BCUT2D eigenvalue weighted by molar-refractivity contribution is -0.313. The maximum absolute atomic E-state index is 12.1. The van der Waals surface area contributed by atoms with Crippen LogP contribution in [-0.2, 0) is 9.59 Å². The Balaban J connectivity index is 2.13. The number of aromatic nitrogens is 1. The van der Waals surface area contributed by atoms with E-state index in [1.807, 2.05) is 0 Å². The van der Waals surface area contributed by atoms with Gasteiger partial charge in [-0.3, -0.25) is 4.79 Å². The van der Waals surface area contributed by atoms with Crippen LogP contribution in [0, 0.1) is 11.8 Å². The van der Waals surface area contributed by atoms with Crippen LogP contribution in [0.5, 0.6) is 0 Å². The number of amides is 1.